The SMILES string of the molecule is CCC(CN)(NC(C)CCO)C1CC1. The van der Waals surface area contributed by atoms with E-state index in [4.69, 9.17) is 10.8 Å². The minimum Gasteiger partial charge on any atom is -0.396 e. The maximum atomic E-state index is 8.86. The van der Waals surface area contributed by atoms with Crippen LogP contribution in [0.1, 0.15) is 39.5 Å². The molecule has 1 aliphatic carbocycles. The molecule has 0 amide bonds. The largest absolute Gasteiger partial charge is 0.396 e. The summed E-state index contributed by atoms with van der Waals surface area (Å²) in [6.07, 6.45) is 4.52. The van der Waals surface area contributed by atoms with E-state index < -0.39 is 0 Å². The number of nitrogens with one attached hydrogen (secondary N) is 1. The Morgan fingerprint density at radius 3 is 2.57 bits per heavy atom. The quantitative estimate of drug-likeness (QED) is 0.571. The summed E-state index contributed by atoms with van der Waals surface area (Å²) in [5.74, 6) is 0.763. The van der Waals surface area contributed by atoms with Gasteiger partial charge in [-0.2, -0.15) is 0 Å². The van der Waals surface area contributed by atoms with E-state index in [0.717, 1.165) is 18.8 Å². The topological polar surface area (TPSA) is 58.3 Å². The van der Waals surface area contributed by atoms with E-state index >= 15 is 0 Å². The zero-order valence-corrected chi connectivity index (χ0v) is 9.42. The van der Waals surface area contributed by atoms with Gasteiger partial charge < -0.3 is 16.2 Å². The van der Waals surface area contributed by atoms with Crippen LogP contribution in [0.4, 0.5) is 0 Å². The Kier molecular flexibility index (Phi) is 4.35. The van der Waals surface area contributed by atoms with Crippen LogP contribution < -0.4 is 11.1 Å². The van der Waals surface area contributed by atoms with Crippen molar-refractivity contribution in [1.82, 2.24) is 5.32 Å². The lowest BCUT2D eigenvalue weighted by Gasteiger charge is -2.36. The van der Waals surface area contributed by atoms with Crippen molar-refractivity contribution < 1.29 is 5.11 Å². The summed E-state index contributed by atoms with van der Waals surface area (Å²) in [4.78, 5) is 0. The second kappa shape index (κ2) is 5.10. The fourth-order valence-electron chi connectivity index (χ4n) is 2.27. The third kappa shape index (κ3) is 2.69. The number of aliphatic hydroxyl groups excluding tert-OH is 1. The lowest BCUT2D eigenvalue weighted by molar-refractivity contribution is 0.215. The van der Waals surface area contributed by atoms with Crippen molar-refractivity contribution in [2.24, 2.45) is 11.7 Å². The van der Waals surface area contributed by atoms with Gasteiger partial charge in [0, 0.05) is 24.7 Å². The van der Waals surface area contributed by atoms with Crippen LogP contribution >= 0.6 is 0 Å². The van der Waals surface area contributed by atoms with Crippen molar-refractivity contribution in [2.45, 2.75) is 51.1 Å². The smallest absolute Gasteiger partial charge is 0.0445 e. The molecule has 3 nitrogen and oxygen atoms in total. The Labute approximate surface area is 87.1 Å². The van der Waals surface area contributed by atoms with Crippen LogP contribution in [0, 0.1) is 5.92 Å². The summed E-state index contributed by atoms with van der Waals surface area (Å²) in [6.45, 7) is 5.29. The van der Waals surface area contributed by atoms with Gasteiger partial charge in [0.25, 0.3) is 0 Å². The van der Waals surface area contributed by atoms with Crippen LogP contribution in [0.5, 0.6) is 0 Å². The number of aliphatic hydroxyl groups is 1. The molecule has 0 heterocycles. The van der Waals surface area contributed by atoms with E-state index in [1.165, 1.54) is 12.8 Å². The molecule has 1 fully saturated rings. The summed E-state index contributed by atoms with van der Waals surface area (Å²) >= 11 is 0. The van der Waals surface area contributed by atoms with Gasteiger partial charge in [-0.05, 0) is 38.5 Å². The second-order valence-electron chi connectivity index (χ2n) is 4.55. The van der Waals surface area contributed by atoms with E-state index in [1.54, 1.807) is 0 Å². The molecule has 0 bridgehead atoms. The molecule has 0 aliphatic heterocycles. The number of hydrogen-bond acceptors (Lipinski definition) is 3. The van der Waals surface area contributed by atoms with Gasteiger partial charge in [-0.25, -0.2) is 0 Å². The lowest BCUT2D eigenvalue weighted by Crippen LogP contribution is -2.56. The lowest BCUT2D eigenvalue weighted by atomic mass is 9.89. The Bertz CT molecular complexity index is 165. The summed E-state index contributed by atoms with van der Waals surface area (Å²) in [7, 11) is 0. The highest BCUT2D eigenvalue weighted by molar-refractivity contribution is 5.02. The van der Waals surface area contributed by atoms with Crippen molar-refractivity contribution in [3.63, 3.8) is 0 Å². The van der Waals surface area contributed by atoms with Crippen molar-refractivity contribution in [3.05, 3.63) is 0 Å². The molecule has 1 rings (SSSR count). The summed E-state index contributed by atoms with van der Waals surface area (Å²) in [6, 6.07) is 0.365. The standard InChI is InChI=1S/C11H24N2O/c1-3-11(8-12,10-4-5-10)13-9(2)6-7-14/h9-10,13-14H,3-8,12H2,1-2H3. The minimum absolute atomic E-state index is 0.134. The molecule has 0 radical (unpaired) electrons. The van der Waals surface area contributed by atoms with E-state index in [9.17, 15) is 0 Å². The first-order valence-corrected chi connectivity index (χ1v) is 5.77. The molecule has 0 saturated heterocycles. The Hall–Kier alpha value is -0.120. The van der Waals surface area contributed by atoms with Gasteiger partial charge in [0.05, 0.1) is 0 Å². The molecule has 0 aromatic carbocycles. The van der Waals surface area contributed by atoms with E-state index in [0.29, 0.717) is 12.6 Å². The molecule has 0 spiro atoms. The first-order valence-electron chi connectivity index (χ1n) is 5.77. The average molecular weight is 200 g/mol. The van der Waals surface area contributed by atoms with Gasteiger partial charge >= 0.3 is 0 Å². The molecule has 2 unspecified atom stereocenters. The van der Waals surface area contributed by atoms with Gasteiger partial charge in [-0.3, -0.25) is 0 Å². The third-order valence-electron chi connectivity index (χ3n) is 3.45. The van der Waals surface area contributed by atoms with Crippen LogP contribution in [0.3, 0.4) is 0 Å². The van der Waals surface area contributed by atoms with Crippen LogP contribution in [0.15, 0.2) is 0 Å². The molecule has 0 aromatic rings. The van der Waals surface area contributed by atoms with Crippen molar-refractivity contribution >= 4 is 0 Å². The Morgan fingerprint density at radius 1 is 1.57 bits per heavy atom. The fourth-order valence-corrected chi connectivity index (χ4v) is 2.27. The molecule has 84 valence electrons. The monoisotopic (exact) mass is 200 g/mol. The van der Waals surface area contributed by atoms with Crippen LogP contribution in [-0.4, -0.2) is 29.8 Å². The summed E-state index contributed by atoms with van der Waals surface area (Å²) in [5.41, 5.74) is 6.01. The average Bonchev–Trinajstić information content (AvgIpc) is 2.98. The predicted octanol–water partition coefficient (Wildman–Crippen LogP) is 0.864. The third-order valence-corrected chi connectivity index (χ3v) is 3.45. The molecule has 1 saturated carbocycles. The molecular weight excluding hydrogens is 176 g/mol. The Balaban J connectivity index is 2.49. The zero-order chi connectivity index (χ0) is 10.6. The summed E-state index contributed by atoms with van der Waals surface area (Å²) < 4.78 is 0. The molecule has 0 aromatic heterocycles. The first-order chi connectivity index (χ1) is 6.68. The second-order valence-corrected chi connectivity index (χ2v) is 4.55. The molecule has 4 N–H and O–H groups in total. The molecule has 1 aliphatic rings. The highest BCUT2D eigenvalue weighted by Crippen LogP contribution is 2.41. The summed E-state index contributed by atoms with van der Waals surface area (Å²) in [5, 5.41) is 12.5. The fraction of sp³-hybridized carbons (Fsp3) is 1.00. The van der Waals surface area contributed by atoms with Crippen LogP contribution in [0.2, 0.25) is 0 Å². The van der Waals surface area contributed by atoms with Gasteiger partial charge in [0.15, 0.2) is 0 Å². The van der Waals surface area contributed by atoms with E-state index in [2.05, 4.69) is 19.2 Å². The molecule has 14 heavy (non-hydrogen) atoms. The van der Waals surface area contributed by atoms with Crippen molar-refractivity contribution in [1.29, 1.82) is 0 Å². The zero-order valence-electron chi connectivity index (χ0n) is 9.42. The van der Waals surface area contributed by atoms with Crippen LogP contribution in [-0.2, 0) is 0 Å². The predicted molar refractivity (Wildman–Crippen MR) is 59.1 cm³/mol. The van der Waals surface area contributed by atoms with Gasteiger partial charge in [0.2, 0.25) is 0 Å². The molecular formula is C11H24N2O. The highest BCUT2D eigenvalue weighted by atomic mass is 16.3. The van der Waals surface area contributed by atoms with Gasteiger partial charge in [-0.15, -0.1) is 0 Å². The van der Waals surface area contributed by atoms with Gasteiger partial charge in [-0.1, -0.05) is 6.92 Å². The minimum atomic E-state index is 0.134. The number of hydrogen-bond donors (Lipinski definition) is 3. The van der Waals surface area contributed by atoms with E-state index in [-0.39, 0.29) is 12.1 Å². The van der Waals surface area contributed by atoms with Crippen molar-refractivity contribution in [3.8, 4) is 0 Å². The Morgan fingerprint density at radius 2 is 2.21 bits per heavy atom. The van der Waals surface area contributed by atoms with Crippen LogP contribution in [0.25, 0.3) is 0 Å². The molecule has 2 atom stereocenters. The van der Waals surface area contributed by atoms with Gasteiger partial charge in [0.1, 0.15) is 0 Å². The first kappa shape index (κ1) is 12.0. The highest BCUT2D eigenvalue weighted by Gasteiger charge is 2.43. The normalized spacial score (nSPS) is 23.1. The molecule has 3 heteroatoms. The van der Waals surface area contributed by atoms with Crippen molar-refractivity contribution in [2.75, 3.05) is 13.2 Å². The maximum Gasteiger partial charge on any atom is 0.0445 e. The maximum absolute atomic E-state index is 8.86. The van der Waals surface area contributed by atoms with E-state index in [1.807, 2.05) is 0 Å². The number of nitrogens with two attached hydrogens (primary N) is 1. The number of rotatable bonds is 7.